The highest BCUT2D eigenvalue weighted by Crippen LogP contribution is 2.48. The van der Waals surface area contributed by atoms with E-state index in [4.69, 9.17) is 11.6 Å². The van der Waals surface area contributed by atoms with Crippen LogP contribution in [-0.4, -0.2) is 53.2 Å². The molecule has 1 aliphatic carbocycles. The molecule has 0 radical (unpaired) electrons. The Morgan fingerprint density at radius 3 is 2.64 bits per heavy atom. The van der Waals surface area contributed by atoms with Gasteiger partial charge in [-0.2, -0.15) is 5.26 Å². The number of halogens is 3. The quantitative estimate of drug-likeness (QED) is 0.203. The molecule has 0 aliphatic heterocycles. The molecule has 0 unspecified atom stereocenters. The Labute approximate surface area is 257 Å². The Kier molecular flexibility index (Phi) is 7.41. The van der Waals surface area contributed by atoms with E-state index in [2.05, 4.69) is 68.3 Å². The summed E-state index contributed by atoms with van der Waals surface area (Å²) in [6.45, 7) is 8.82. The SMILES string of the molecule is Cc1c([C@H](Nc2cc(Cl)cc3c(NCC(C)(C)C)c(C#N)cnc23)c2cn(C3(C(F)F)CC3)nn2)cccc1-n1cnnn1. The smallest absolute Gasteiger partial charge is 0.263 e. The molecule has 0 spiro atoms. The third kappa shape index (κ3) is 5.41. The van der Waals surface area contributed by atoms with E-state index in [0.29, 0.717) is 57.9 Å². The molecule has 0 saturated heterocycles. The highest BCUT2D eigenvalue weighted by Gasteiger charge is 2.54. The van der Waals surface area contributed by atoms with Gasteiger partial charge in [0.05, 0.1) is 40.4 Å². The number of nitriles is 1. The maximum Gasteiger partial charge on any atom is 0.263 e. The van der Waals surface area contributed by atoms with Gasteiger partial charge in [0.15, 0.2) is 0 Å². The summed E-state index contributed by atoms with van der Waals surface area (Å²) in [6.07, 6.45) is 2.69. The molecule has 226 valence electrons. The summed E-state index contributed by atoms with van der Waals surface area (Å²) in [5, 5.41) is 38.0. The Hall–Kier alpha value is -4.70. The van der Waals surface area contributed by atoms with Crippen molar-refractivity contribution in [3.8, 4) is 11.8 Å². The van der Waals surface area contributed by atoms with E-state index in [1.54, 1.807) is 23.0 Å². The zero-order chi connectivity index (χ0) is 31.2. The first-order chi connectivity index (χ1) is 21.0. The predicted molar refractivity (Wildman–Crippen MR) is 162 cm³/mol. The molecule has 2 aromatic carbocycles. The zero-order valence-corrected chi connectivity index (χ0v) is 25.3. The second-order valence-corrected chi connectivity index (χ2v) is 12.7. The van der Waals surface area contributed by atoms with E-state index in [0.717, 1.165) is 16.8 Å². The first kappa shape index (κ1) is 29.4. The number of alkyl halides is 2. The molecule has 0 bridgehead atoms. The van der Waals surface area contributed by atoms with E-state index >= 15 is 0 Å². The Morgan fingerprint density at radius 2 is 1.98 bits per heavy atom. The number of hydrogen-bond donors (Lipinski definition) is 2. The largest absolute Gasteiger partial charge is 0.383 e. The van der Waals surface area contributed by atoms with Crippen LogP contribution >= 0.6 is 11.6 Å². The predicted octanol–water partition coefficient (Wildman–Crippen LogP) is 6.05. The van der Waals surface area contributed by atoms with E-state index in [1.165, 1.54) is 17.2 Å². The van der Waals surface area contributed by atoms with E-state index in [1.807, 2.05) is 25.1 Å². The fraction of sp³-hybridized carbons (Fsp3) is 0.367. The summed E-state index contributed by atoms with van der Waals surface area (Å²) in [4.78, 5) is 4.64. The van der Waals surface area contributed by atoms with Crippen molar-refractivity contribution in [1.82, 2.24) is 40.2 Å². The first-order valence-electron chi connectivity index (χ1n) is 14.1. The topological polar surface area (TPSA) is 135 Å². The minimum absolute atomic E-state index is 0.0573. The number of pyridine rings is 1. The van der Waals surface area contributed by atoms with Crippen molar-refractivity contribution in [2.24, 2.45) is 5.41 Å². The van der Waals surface area contributed by atoms with E-state index in [-0.39, 0.29) is 5.41 Å². The molecule has 5 aromatic rings. The van der Waals surface area contributed by atoms with Gasteiger partial charge in [-0.05, 0) is 64.9 Å². The maximum absolute atomic E-state index is 14.0. The number of rotatable bonds is 9. The molecular weight excluding hydrogens is 588 g/mol. The van der Waals surface area contributed by atoms with Gasteiger partial charge in [0.1, 0.15) is 23.6 Å². The van der Waals surface area contributed by atoms with Gasteiger partial charge in [0.2, 0.25) is 0 Å². The van der Waals surface area contributed by atoms with Crippen LogP contribution in [0.25, 0.3) is 16.6 Å². The second kappa shape index (κ2) is 11.1. The van der Waals surface area contributed by atoms with Gasteiger partial charge in [-0.25, -0.2) is 18.1 Å². The summed E-state index contributed by atoms with van der Waals surface area (Å²) in [5.74, 6) is 0. The van der Waals surface area contributed by atoms with Crippen molar-refractivity contribution in [3.63, 3.8) is 0 Å². The highest BCUT2D eigenvalue weighted by molar-refractivity contribution is 6.32. The summed E-state index contributed by atoms with van der Waals surface area (Å²) in [5.41, 5.74) is 3.55. The van der Waals surface area contributed by atoms with Crippen molar-refractivity contribution in [3.05, 3.63) is 76.5 Å². The number of anilines is 2. The van der Waals surface area contributed by atoms with Crippen molar-refractivity contribution in [1.29, 1.82) is 5.26 Å². The maximum atomic E-state index is 14.0. The molecule has 1 saturated carbocycles. The van der Waals surface area contributed by atoms with Gasteiger partial charge < -0.3 is 10.6 Å². The van der Waals surface area contributed by atoms with Crippen molar-refractivity contribution < 1.29 is 8.78 Å². The molecule has 1 fully saturated rings. The standard InChI is InChI=1S/C30H30ClF2N11/c1-17-20(6-5-7-24(17)43-16-37-40-42-43)27(23-14-44(41-39-23)30(8-9-30)28(32)33)38-22-11-19(31)10-21-25(36-15-29(2,3)4)18(12-34)13-35-26(21)22/h5-7,10-11,13-14,16,27-28,38H,8-9,15H2,1-4H3,(H,35,36)/t27-/m0/s1. The summed E-state index contributed by atoms with van der Waals surface area (Å²) >= 11 is 6.67. The molecule has 3 aromatic heterocycles. The summed E-state index contributed by atoms with van der Waals surface area (Å²) < 4.78 is 30.8. The van der Waals surface area contributed by atoms with Gasteiger partial charge >= 0.3 is 0 Å². The molecule has 44 heavy (non-hydrogen) atoms. The molecule has 11 nitrogen and oxygen atoms in total. The second-order valence-electron chi connectivity index (χ2n) is 12.2. The van der Waals surface area contributed by atoms with Crippen LogP contribution in [0, 0.1) is 23.7 Å². The lowest BCUT2D eigenvalue weighted by Gasteiger charge is -2.24. The van der Waals surface area contributed by atoms with Crippen LogP contribution in [0.5, 0.6) is 0 Å². The molecule has 6 rings (SSSR count). The van der Waals surface area contributed by atoms with Crippen LogP contribution in [0.15, 0.2) is 49.1 Å². The Morgan fingerprint density at radius 1 is 1.18 bits per heavy atom. The van der Waals surface area contributed by atoms with Gasteiger partial charge in [-0.1, -0.05) is 49.7 Å². The number of benzene rings is 2. The molecular formula is C30H30ClF2N11. The lowest BCUT2D eigenvalue weighted by molar-refractivity contribution is 0.0593. The average molecular weight is 618 g/mol. The van der Waals surface area contributed by atoms with Crippen LogP contribution in [0.1, 0.15) is 62.0 Å². The molecule has 3 heterocycles. The lowest BCUT2D eigenvalue weighted by atomic mass is 9.96. The summed E-state index contributed by atoms with van der Waals surface area (Å²) in [6, 6.07) is 10.8. The number of fused-ring (bicyclic) bond motifs is 1. The van der Waals surface area contributed by atoms with Crippen LogP contribution in [0.4, 0.5) is 20.2 Å². The molecule has 14 heteroatoms. The Bertz CT molecular complexity index is 1870. The number of nitrogens with zero attached hydrogens (tertiary/aromatic N) is 9. The lowest BCUT2D eigenvalue weighted by Crippen LogP contribution is -2.26. The normalized spacial score (nSPS) is 14.9. The number of aromatic nitrogens is 8. The minimum Gasteiger partial charge on any atom is -0.383 e. The third-order valence-electron chi connectivity index (χ3n) is 7.84. The Balaban J connectivity index is 1.50. The fourth-order valence-electron chi connectivity index (χ4n) is 5.25. The third-order valence-corrected chi connectivity index (χ3v) is 8.06. The monoisotopic (exact) mass is 617 g/mol. The van der Waals surface area contributed by atoms with Gasteiger partial charge in [-0.3, -0.25) is 4.98 Å². The molecule has 1 atom stereocenters. The van der Waals surface area contributed by atoms with Crippen LogP contribution in [0.2, 0.25) is 5.02 Å². The minimum atomic E-state index is -2.57. The molecule has 1 aliphatic rings. The number of tetrazole rings is 1. The highest BCUT2D eigenvalue weighted by atomic mass is 35.5. The van der Waals surface area contributed by atoms with E-state index < -0.39 is 18.0 Å². The average Bonchev–Trinajstić information content (AvgIpc) is 3.35. The van der Waals surface area contributed by atoms with Gasteiger partial charge in [0.25, 0.3) is 6.43 Å². The van der Waals surface area contributed by atoms with Gasteiger partial charge in [-0.15, -0.1) is 10.2 Å². The van der Waals surface area contributed by atoms with Crippen molar-refractivity contribution in [2.75, 3.05) is 17.2 Å². The van der Waals surface area contributed by atoms with Crippen molar-refractivity contribution in [2.45, 2.75) is 58.5 Å². The fourth-order valence-corrected chi connectivity index (χ4v) is 5.47. The summed E-state index contributed by atoms with van der Waals surface area (Å²) in [7, 11) is 0. The molecule has 0 amide bonds. The van der Waals surface area contributed by atoms with E-state index in [9.17, 15) is 14.0 Å². The zero-order valence-electron chi connectivity index (χ0n) is 24.6. The van der Waals surface area contributed by atoms with Gasteiger partial charge in [0, 0.05) is 23.2 Å². The van der Waals surface area contributed by atoms with Crippen LogP contribution < -0.4 is 10.6 Å². The first-order valence-corrected chi connectivity index (χ1v) is 14.4. The van der Waals surface area contributed by atoms with Crippen molar-refractivity contribution >= 4 is 33.9 Å². The van der Waals surface area contributed by atoms with Crippen LogP contribution in [0.3, 0.4) is 0 Å². The number of hydrogen-bond acceptors (Lipinski definition) is 9. The molecule has 2 N–H and O–H groups in total. The van der Waals surface area contributed by atoms with Crippen LogP contribution in [-0.2, 0) is 5.54 Å². The number of nitrogens with one attached hydrogen (secondary N) is 2.